The largest absolute Gasteiger partial charge is 0.314 e. The summed E-state index contributed by atoms with van der Waals surface area (Å²) >= 11 is 0. The second-order valence-corrected chi connectivity index (χ2v) is 10.3. The zero-order valence-corrected chi connectivity index (χ0v) is 17.0. The van der Waals surface area contributed by atoms with Crippen molar-refractivity contribution in [3.8, 4) is 0 Å². The van der Waals surface area contributed by atoms with Gasteiger partial charge in [-0.15, -0.1) is 0 Å². The van der Waals surface area contributed by atoms with Crippen LogP contribution in [0.5, 0.6) is 0 Å². The molecule has 3 heterocycles. The molecule has 1 unspecified atom stereocenters. The molecule has 0 aliphatic carbocycles. The summed E-state index contributed by atoms with van der Waals surface area (Å²) in [6, 6.07) is 9.71. The highest BCUT2D eigenvalue weighted by Crippen LogP contribution is 2.40. The van der Waals surface area contributed by atoms with Crippen LogP contribution in [0.25, 0.3) is 0 Å². The number of sulfonamides is 1. The SMILES string of the molecule is O=S(=O)(CCC1CCCCN1)Nc1ccc([C@@H]2CC[C@H]3CCCCN32)cc1. The number of nitrogens with zero attached hydrogens (tertiary/aromatic N) is 1. The Bertz CT molecular complexity index is 713. The summed E-state index contributed by atoms with van der Waals surface area (Å²) in [7, 11) is -3.29. The van der Waals surface area contributed by atoms with E-state index in [1.807, 2.05) is 12.1 Å². The van der Waals surface area contributed by atoms with E-state index in [-0.39, 0.29) is 5.75 Å². The van der Waals surface area contributed by atoms with Gasteiger partial charge in [0.1, 0.15) is 0 Å². The van der Waals surface area contributed by atoms with Crippen molar-refractivity contribution in [2.24, 2.45) is 0 Å². The number of hydrogen-bond donors (Lipinski definition) is 2. The highest BCUT2D eigenvalue weighted by atomic mass is 32.2. The molecule has 3 saturated heterocycles. The molecule has 2 N–H and O–H groups in total. The third-order valence-electron chi connectivity index (χ3n) is 6.56. The van der Waals surface area contributed by atoms with Crippen LogP contribution in [0.1, 0.15) is 69.4 Å². The Morgan fingerprint density at radius 3 is 2.59 bits per heavy atom. The smallest absolute Gasteiger partial charge is 0.232 e. The first kappa shape index (κ1) is 19.2. The van der Waals surface area contributed by atoms with Gasteiger partial charge in [-0.05, 0) is 75.7 Å². The first-order valence-corrected chi connectivity index (χ1v) is 12.4. The van der Waals surface area contributed by atoms with Crippen LogP contribution in [0.2, 0.25) is 0 Å². The number of nitrogens with one attached hydrogen (secondary N) is 2. The van der Waals surface area contributed by atoms with Crippen LogP contribution in [-0.2, 0) is 10.0 Å². The van der Waals surface area contributed by atoms with E-state index in [9.17, 15) is 8.42 Å². The summed E-state index contributed by atoms with van der Waals surface area (Å²) in [5.74, 6) is 0.185. The summed E-state index contributed by atoms with van der Waals surface area (Å²) in [6.07, 6.45) is 10.7. The average Bonchev–Trinajstić information content (AvgIpc) is 3.12. The van der Waals surface area contributed by atoms with Crippen molar-refractivity contribution in [1.29, 1.82) is 0 Å². The zero-order valence-electron chi connectivity index (χ0n) is 16.2. The minimum atomic E-state index is -3.29. The molecule has 27 heavy (non-hydrogen) atoms. The molecule has 0 aromatic heterocycles. The molecule has 150 valence electrons. The van der Waals surface area contributed by atoms with Crippen LogP contribution in [0.4, 0.5) is 5.69 Å². The van der Waals surface area contributed by atoms with E-state index in [0.29, 0.717) is 24.2 Å². The highest BCUT2D eigenvalue weighted by molar-refractivity contribution is 7.92. The molecule has 3 aliphatic heterocycles. The summed E-state index contributed by atoms with van der Waals surface area (Å²) in [4.78, 5) is 2.67. The maximum absolute atomic E-state index is 12.4. The van der Waals surface area contributed by atoms with Gasteiger partial charge in [0, 0.05) is 23.8 Å². The molecule has 1 aromatic carbocycles. The molecular weight excluding hydrogens is 358 g/mol. The van der Waals surface area contributed by atoms with Gasteiger partial charge in [-0.2, -0.15) is 0 Å². The van der Waals surface area contributed by atoms with Crippen molar-refractivity contribution in [2.75, 3.05) is 23.6 Å². The van der Waals surface area contributed by atoms with Crippen LogP contribution >= 0.6 is 0 Å². The number of piperidine rings is 2. The molecule has 0 bridgehead atoms. The molecule has 0 amide bonds. The molecule has 0 saturated carbocycles. The van der Waals surface area contributed by atoms with Crippen molar-refractivity contribution in [2.45, 2.75) is 75.9 Å². The fourth-order valence-electron chi connectivity index (χ4n) is 5.09. The molecule has 0 radical (unpaired) electrons. The molecule has 3 atom stereocenters. The molecule has 3 aliphatic rings. The fraction of sp³-hybridized carbons (Fsp3) is 0.714. The zero-order chi connectivity index (χ0) is 18.7. The predicted octanol–water partition coefficient (Wildman–Crippen LogP) is 3.65. The number of benzene rings is 1. The minimum absolute atomic E-state index is 0.185. The van der Waals surface area contributed by atoms with Gasteiger partial charge in [-0.25, -0.2) is 8.42 Å². The van der Waals surface area contributed by atoms with Crippen molar-refractivity contribution in [1.82, 2.24) is 10.2 Å². The lowest BCUT2D eigenvalue weighted by Gasteiger charge is -2.34. The Labute approximate surface area is 164 Å². The van der Waals surface area contributed by atoms with Gasteiger partial charge < -0.3 is 5.32 Å². The molecule has 6 heteroatoms. The average molecular weight is 392 g/mol. The first-order chi connectivity index (χ1) is 13.1. The number of hydrogen-bond acceptors (Lipinski definition) is 4. The monoisotopic (exact) mass is 391 g/mol. The van der Waals surface area contributed by atoms with E-state index in [2.05, 4.69) is 27.1 Å². The van der Waals surface area contributed by atoms with Gasteiger partial charge in [0.05, 0.1) is 5.75 Å². The lowest BCUT2D eigenvalue weighted by Crippen LogP contribution is -2.36. The molecule has 1 aromatic rings. The van der Waals surface area contributed by atoms with Crippen LogP contribution in [-0.4, -0.2) is 44.2 Å². The van der Waals surface area contributed by atoms with Gasteiger partial charge >= 0.3 is 0 Å². The maximum atomic E-state index is 12.4. The van der Waals surface area contributed by atoms with Gasteiger partial charge in [0.25, 0.3) is 0 Å². The van der Waals surface area contributed by atoms with Crippen molar-refractivity contribution in [3.05, 3.63) is 29.8 Å². The normalized spacial score (nSPS) is 29.4. The Balaban J connectivity index is 1.33. The first-order valence-electron chi connectivity index (χ1n) is 10.7. The van der Waals surface area contributed by atoms with Crippen LogP contribution in [0.3, 0.4) is 0 Å². The molecule has 5 nitrogen and oxygen atoms in total. The second-order valence-electron chi connectivity index (χ2n) is 8.46. The van der Waals surface area contributed by atoms with E-state index < -0.39 is 10.0 Å². The third kappa shape index (κ3) is 4.84. The fourth-order valence-corrected chi connectivity index (χ4v) is 6.28. The Hall–Kier alpha value is -1.11. The minimum Gasteiger partial charge on any atom is -0.314 e. The summed E-state index contributed by atoms with van der Waals surface area (Å²) in [5.41, 5.74) is 2.01. The van der Waals surface area contributed by atoms with Crippen LogP contribution < -0.4 is 10.0 Å². The topological polar surface area (TPSA) is 61.4 Å². The van der Waals surface area contributed by atoms with Crippen LogP contribution in [0.15, 0.2) is 24.3 Å². The molecular formula is C21H33N3O2S. The summed E-state index contributed by atoms with van der Waals surface area (Å²) < 4.78 is 27.6. The van der Waals surface area contributed by atoms with E-state index in [1.165, 1.54) is 57.1 Å². The van der Waals surface area contributed by atoms with Gasteiger partial charge in [-0.1, -0.05) is 25.0 Å². The van der Waals surface area contributed by atoms with Crippen molar-refractivity contribution >= 4 is 15.7 Å². The quantitative estimate of drug-likeness (QED) is 0.777. The van der Waals surface area contributed by atoms with Crippen molar-refractivity contribution < 1.29 is 8.42 Å². The number of fused-ring (bicyclic) bond motifs is 1. The number of rotatable bonds is 6. The van der Waals surface area contributed by atoms with Gasteiger partial charge in [-0.3, -0.25) is 9.62 Å². The van der Waals surface area contributed by atoms with E-state index in [0.717, 1.165) is 19.0 Å². The summed E-state index contributed by atoms with van der Waals surface area (Å²) in [5, 5.41) is 3.42. The maximum Gasteiger partial charge on any atom is 0.232 e. The molecule has 0 spiro atoms. The van der Waals surface area contributed by atoms with E-state index in [1.54, 1.807) is 0 Å². The summed E-state index contributed by atoms with van der Waals surface area (Å²) in [6.45, 7) is 2.22. The Morgan fingerprint density at radius 1 is 1.00 bits per heavy atom. The third-order valence-corrected chi connectivity index (χ3v) is 7.88. The highest BCUT2D eigenvalue weighted by Gasteiger charge is 2.35. The predicted molar refractivity (Wildman–Crippen MR) is 110 cm³/mol. The second kappa shape index (κ2) is 8.50. The van der Waals surface area contributed by atoms with E-state index in [4.69, 9.17) is 0 Å². The Kier molecular flexibility index (Phi) is 6.05. The van der Waals surface area contributed by atoms with Gasteiger partial charge in [0.2, 0.25) is 10.0 Å². The Morgan fingerprint density at radius 2 is 1.81 bits per heavy atom. The molecule has 3 fully saturated rings. The number of anilines is 1. The standard InChI is InChI=1S/C21H33N3O2S/c25-27(26,16-13-18-5-1-3-14-22-18)23-19-9-7-17(8-10-19)21-12-11-20-6-2-4-15-24(20)21/h7-10,18,20-23H,1-6,11-16H2/t18?,20-,21+/m1/s1. The van der Waals surface area contributed by atoms with Gasteiger partial charge in [0.15, 0.2) is 0 Å². The van der Waals surface area contributed by atoms with Crippen LogP contribution in [0, 0.1) is 0 Å². The van der Waals surface area contributed by atoms with E-state index >= 15 is 0 Å². The lowest BCUT2D eigenvalue weighted by molar-refractivity contribution is 0.150. The lowest BCUT2D eigenvalue weighted by atomic mass is 10.0. The van der Waals surface area contributed by atoms with Crippen molar-refractivity contribution in [3.63, 3.8) is 0 Å². The molecule has 4 rings (SSSR count).